The molecular formula is C29H37NO6Si. The minimum atomic E-state index is -2.91. The van der Waals surface area contributed by atoms with Gasteiger partial charge in [-0.1, -0.05) is 81.4 Å². The van der Waals surface area contributed by atoms with E-state index < -0.39 is 43.5 Å². The second-order valence-corrected chi connectivity index (χ2v) is 16.3. The summed E-state index contributed by atoms with van der Waals surface area (Å²) < 4.78 is 18.2. The molecule has 2 aliphatic rings. The monoisotopic (exact) mass is 523 g/mol. The quantitative estimate of drug-likeness (QED) is 0.432. The van der Waals surface area contributed by atoms with Crippen LogP contribution in [-0.2, 0) is 23.5 Å². The topological polar surface area (TPSA) is 82.1 Å². The second-order valence-electron chi connectivity index (χ2n) is 12.0. The lowest BCUT2D eigenvalue weighted by atomic mass is 9.96. The van der Waals surface area contributed by atoms with E-state index in [2.05, 4.69) is 45.0 Å². The molecule has 0 bridgehead atoms. The number of ether oxygens (including phenoxy) is 2. The molecule has 198 valence electrons. The fourth-order valence-corrected chi connectivity index (χ4v) is 10.1. The van der Waals surface area contributed by atoms with Gasteiger partial charge in [0.25, 0.3) is 14.2 Å². The van der Waals surface area contributed by atoms with E-state index in [0.29, 0.717) is 0 Å². The van der Waals surface area contributed by atoms with Gasteiger partial charge in [-0.15, -0.1) is 0 Å². The Kier molecular flexibility index (Phi) is 7.11. The van der Waals surface area contributed by atoms with Crippen molar-refractivity contribution in [2.24, 2.45) is 0 Å². The van der Waals surface area contributed by atoms with Gasteiger partial charge in [-0.05, 0) is 36.2 Å². The number of carbonyl (C=O) groups excluding carboxylic acids is 3. The predicted molar refractivity (Wildman–Crippen MR) is 143 cm³/mol. The zero-order valence-corrected chi connectivity index (χ0v) is 23.6. The van der Waals surface area contributed by atoms with Crippen LogP contribution in [0.1, 0.15) is 60.8 Å². The standard InChI is InChI=1S/C29H37NO6Si/c1-27(2,3)36-26(33)30-21(19-29(25(30)32)18-17-24(31)35-29)20-34-37(28(4,5)6,22-13-9-7-10-14-22)23-15-11-8-12-16-23/h7-16,21H,17-20H2,1-6H3/t21-,29-/m0/s1. The molecule has 2 fully saturated rings. The molecule has 0 radical (unpaired) electrons. The first-order valence-corrected chi connectivity index (χ1v) is 14.7. The van der Waals surface area contributed by atoms with E-state index in [1.165, 1.54) is 0 Å². The molecule has 8 heteroatoms. The van der Waals surface area contributed by atoms with Crippen molar-refractivity contribution in [3.63, 3.8) is 0 Å². The lowest BCUT2D eigenvalue weighted by Gasteiger charge is -2.43. The van der Waals surface area contributed by atoms with E-state index in [4.69, 9.17) is 13.9 Å². The fraction of sp³-hybridized carbons (Fsp3) is 0.483. The summed E-state index contributed by atoms with van der Waals surface area (Å²) in [5.74, 6) is -0.949. The third-order valence-corrected chi connectivity index (χ3v) is 12.1. The molecule has 0 N–H and O–H groups in total. The predicted octanol–water partition coefficient (Wildman–Crippen LogP) is 4.17. The number of likely N-dealkylation sites (tertiary alicyclic amines) is 1. The summed E-state index contributed by atoms with van der Waals surface area (Å²) in [6.07, 6.45) is -0.154. The molecule has 37 heavy (non-hydrogen) atoms. The van der Waals surface area contributed by atoms with Gasteiger partial charge in [0.15, 0.2) is 5.60 Å². The number of hydrogen-bond donors (Lipinski definition) is 0. The van der Waals surface area contributed by atoms with Gasteiger partial charge in [-0.25, -0.2) is 9.69 Å². The van der Waals surface area contributed by atoms with Crippen molar-refractivity contribution in [3.05, 3.63) is 60.7 Å². The normalized spacial score (nSPS) is 22.4. The maximum absolute atomic E-state index is 13.6. The Bertz CT molecular complexity index is 1110. The van der Waals surface area contributed by atoms with Gasteiger partial charge in [0, 0.05) is 19.3 Å². The molecule has 4 rings (SSSR count). The van der Waals surface area contributed by atoms with Crippen LogP contribution >= 0.6 is 0 Å². The van der Waals surface area contributed by atoms with Crippen molar-refractivity contribution in [3.8, 4) is 0 Å². The molecule has 2 aromatic rings. The number of esters is 1. The molecule has 2 aliphatic heterocycles. The average molecular weight is 524 g/mol. The highest BCUT2D eigenvalue weighted by Gasteiger charge is 2.61. The minimum absolute atomic E-state index is 0.109. The van der Waals surface area contributed by atoms with Gasteiger partial charge in [-0.3, -0.25) is 9.59 Å². The molecule has 0 aromatic heterocycles. The average Bonchev–Trinajstić information content (AvgIpc) is 3.32. The SMILES string of the molecule is CC(C)(C)OC(=O)N1C(=O)[C@]2(CCC(=O)O2)C[C@H]1CO[Si](c1ccccc1)(c1ccccc1)C(C)(C)C. The Hall–Kier alpha value is -2.97. The molecule has 2 atom stereocenters. The third kappa shape index (κ3) is 5.09. The molecule has 2 amide bonds. The Morgan fingerprint density at radius 3 is 1.95 bits per heavy atom. The molecule has 0 aliphatic carbocycles. The van der Waals surface area contributed by atoms with Gasteiger partial charge in [0.2, 0.25) is 0 Å². The number of benzene rings is 2. The van der Waals surface area contributed by atoms with Crippen molar-refractivity contribution in [2.45, 2.75) is 83.1 Å². The molecule has 2 aromatic carbocycles. The van der Waals surface area contributed by atoms with E-state index >= 15 is 0 Å². The Morgan fingerprint density at radius 1 is 0.973 bits per heavy atom. The van der Waals surface area contributed by atoms with Crippen molar-refractivity contribution >= 4 is 36.7 Å². The van der Waals surface area contributed by atoms with Crippen LogP contribution in [0, 0.1) is 0 Å². The van der Waals surface area contributed by atoms with E-state index in [0.717, 1.165) is 15.3 Å². The van der Waals surface area contributed by atoms with Gasteiger partial charge < -0.3 is 13.9 Å². The van der Waals surface area contributed by atoms with E-state index in [-0.39, 0.29) is 30.9 Å². The minimum Gasteiger partial charge on any atom is -0.449 e. The van der Waals surface area contributed by atoms with Crippen LogP contribution in [0.25, 0.3) is 0 Å². The van der Waals surface area contributed by atoms with Crippen LogP contribution in [0.5, 0.6) is 0 Å². The zero-order chi connectivity index (χ0) is 27.1. The van der Waals surface area contributed by atoms with Crippen LogP contribution in [0.4, 0.5) is 4.79 Å². The fourth-order valence-electron chi connectivity index (χ4n) is 5.52. The summed E-state index contributed by atoms with van der Waals surface area (Å²) >= 11 is 0. The zero-order valence-electron chi connectivity index (χ0n) is 22.6. The number of imide groups is 1. The van der Waals surface area contributed by atoms with E-state index in [1.807, 2.05) is 36.4 Å². The highest BCUT2D eigenvalue weighted by atomic mass is 28.4. The summed E-state index contributed by atoms with van der Waals surface area (Å²) in [5.41, 5.74) is -2.13. The number of hydrogen-bond acceptors (Lipinski definition) is 6. The van der Waals surface area contributed by atoms with Gasteiger partial charge in [0.1, 0.15) is 5.60 Å². The molecule has 1 spiro atoms. The first-order chi connectivity index (χ1) is 17.3. The second kappa shape index (κ2) is 9.72. The third-order valence-electron chi connectivity index (χ3n) is 7.08. The lowest BCUT2D eigenvalue weighted by molar-refractivity contribution is -0.158. The molecule has 0 saturated carbocycles. The van der Waals surface area contributed by atoms with E-state index in [1.54, 1.807) is 20.8 Å². The highest BCUT2D eigenvalue weighted by Crippen LogP contribution is 2.42. The van der Waals surface area contributed by atoms with Crippen molar-refractivity contribution in [2.75, 3.05) is 6.61 Å². The molecular weight excluding hydrogens is 486 g/mol. The van der Waals surface area contributed by atoms with Crippen molar-refractivity contribution in [1.82, 2.24) is 4.90 Å². The lowest BCUT2D eigenvalue weighted by Crippen LogP contribution is -2.67. The number of carbonyl (C=O) groups is 3. The highest BCUT2D eigenvalue weighted by molar-refractivity contribution is 6.99. The van der Waals surface area contributed by atoms with Crippen LogP contribution in [0.2, 0.25) is 5.04 Å². The number of nitrogens with zero attached hydrogens (tertiary/aromatic N) is 1. The summed E-state index contributed by atoms with van der Waals surface area (Å²) in [7, 11) is -2.91. The van der Waals surface area contributed by atoms with Crippen LogP contribution < -0.4 is 10.4 Å². The van der Waals surface area contributed by atoms with Crippen LogP contribution in [-0.4, -0.2) is 55.0 Å². The first-order valence-electron chi connectivity index (χ1n) is 12.8. The maximum Gasteiger partial charge on any atom is 0.417 e. The number of rotatable bonds is 5. The smallest absolute Gasteiger partial charge is 0.417 e. The van der Waals surface area contributed by atoms with Gasteiger partial charge >= 0.3 is 12.1 Å². The van der Waals surface area contributed by atoms with Crippen molar-refractivity contribution < 1.29 is 28.3 Å². The Balaban J connectivity index is 1.75. The largest absolute Gasteiger partial charge is 0.449 e. The van der Waals surface area contributed by atoms with Crippen LogP contribution in [0.15, 0.2) is 60.7 Å². The van der Waals surface area contributed by atoms with Gasteiger partial charge in [-0.2, -0.15) is 0 Å². The van der Waals surface area contributed by atoms with Gasteiger partial charge in [0.05, 0.1) is 12.6 Å². The summed E-state index contributed by atoms with van der Waals surface area (Å²) in [4.78, 5) is 40.0. The Morgan fingerprint density at radius 2 is 1.51 bits per heavy atom. The van der Waals surface area contributed by atoms with Crippen molar-refractivity contribution in [1.29, 1.82) is 0 Å². The molecule has 7 nitrogen and oxygen atoms in total. The molecule has 2 heterocycles. The van der Waals surface area contributed by atoms with E-state index in [9.17, 15) is 14.4 Å². The van der Waals surface area contributed by atoms with Crippen LogP contribution in [0.3, 0.4) is 0 Å². The summed E-state index contributed by atoms with van der Waals surface area (Å²) in [6.45, 7) is 11.9. The number of amides is 2. The maximum atomic E-state index is 13.6. The summed E-state index contributed by atoms with van der Waals surface area (Å²) in [6, 6.07) is 19.7. The molecule has 2 saturated heterocycles. The Labute approximate surface area is 220 Å². The first kappa shape index (κ1) is 27.1. The summed E-state index contributed by atoms with van der Waals surface area (Å²) in [5, 5.41) is 1.93. The molecule has 0 unspecified atom stereocenters.